The van der Waals surface area contributed by atoms with Gasteiger partial charge in [0.15, 0.2) is 0 Å². The molecule has 2 amide bonds. The van der Waals surface area contributed by atoms with Crippen LogP contribution in [0.15, 0.2) is 43.2 Å². The molecule has 190 valence electrons. The first-order valence-corrected chi connectivity index (χ1v) is 12.7. The van der Waals surface area contributed by atoms with E-state index in [1.807, 2.05) is 32.9 Å². The average molecular weight is 490 g/mol. The van der Waals surface area contributed by atoms with E-state index < -0.39 is 6.04 Å². The summed E-state index contributed by atoms with van der Waals surface area (Å²) in [6.45, 7) is 9.76. The lowest BCUT2D eigenvalue weighted by Gasteiger charge is -2.30. The molecule has 4 rings (SSSR count). The van der Waals surface area contributed by atoms with Gasteiger partial charge in [0, 0.05) is 17.5 Å². The highest BCUT2D eigenvalue weighted by Crippen LogP contribution is 2.28. The number of nitrogens with zero attached hydrogens (tertiary/aromatic N) is 4. The largest absolute Gasteiger partial charge is 0.339 e. The molecule has 3 heterocycles. The Morgan fingerprint density at radius 2 is 2.00 bits per heavy atom. The smallest absolute Gasteiger partial charge is 0.270 e. The third kappa shape index (κ3) is 5.40. The fourth-order valence-electron chi connectivity index (χ4n) is 5.04. The van der Waals surface area contributed by atoms with Crippen LogP contribution in [0.3, 0.4) is 0 Å². The summed E-state index contributed by atoms with van der Waals surface area (Å²) in [6, 6.07) is 4.64. The van der Waals surface area contributed by atoms with E-state index >= 15 is 0 Å². The van der Waals surface area contributed by atoms with Crippen LogP contribution in [0.4, 0.5) is 5.69 Å². The number of allylic oxidation sites excluding steroid dienone is 1. The van der Waals surface area contributed by atoms with Crippen LogP contribution in [0.1, 0.15) is 73.4 Å². The molecule has 0 saturated heterocycles. The number of H-pyrrole nitrogens is 1. The minimum absolute atomic E-state index is 0.0731. The number of rotatable bonds is 9. The number of nitrogens with one attached hydrogen (secondary N) is 3. The minimum atomic E-state index is -0.650. The monoisotopic (exact) mass is 489 g/mol. The van der Waals surface area contributed by atoms with Crippen LogP contribution < -0.4 is 10.6 Å². The van der Waals surface area contributed by atoms with E-state index in [-0.39, 0.29) is 23.8 Å². The van der Waals surface area contributed by atoms with E-state index in [9.17, 15) is 9.59 Å². The van der Waals surface area contributed by atoms with E-state index in [1.54, 1.807) is 29.2 Å². The molecule has 36 heavy (non-hydrogen) atoms. The van der Waals surface area contributed by atoms with Gasteiger partial charge in [0.2, 0.25) is 5.91 Å². The minimum Gasteiger partial charge on any atom is -0.339 e. The van der Waals surface area contributed by atoms with Crippen molar-refractivity contribution in [3.63, 3.8) is 0 Å². The Morgan fingerprint density at radius 1 is 1.22 bits per heavy atom. The Balaban J connectivity index is 1.52. The summed E-state index contributed by atoms with van der Waals surface area (Å²) in [5, 5.41) is 17.5. The molecule has 9 heteroatoms. The molecule has 0 aromatic carbocycles. The van der Waals surface area contributed by atoms with Crippen molar-refractivity contribution in [2.45, 2.75) is 71.4 Å². The number of aryl methyl sites for hydroxylation is 2. The lowest BCUT2D eigenvalue weighted by molar-refractivity contribution is -0.119. The number of hydrogen-bond donors (Lipinski definition) is 3. The lowest BCUT2D eigenvalue weighted by Crippen LogP contribution is -2.49. The number of aromatic amines is 1. The fraction of sp³-hybridized carbons (Fsp3) is 0.444. The average Bonchev–Trinajstić information content (AvgIpc) is 3.51. The van der Waals surface area contributed by atoms with Crippen molar-refractivity contribution in [3.05, 3.63) is 60.3 Å². The molecule has 1 unspecified atom stereocenters. The van der Waals surface area contributed by atoms with E-state index in [0.29, 0.717) is 11.4 Å². The summed E-state index contributed by atoms with van der Waals surface area (Å²) in [7, 11) is 0. The highest BCUT2D eigenvalue weighted by Gasteiger charge is 2.32. The normalized spacial score (nSPS) is 15.8. The van der Waals surface area contributed by atoms with Gasteiger partial charge >= 0.3 is 0 Å². The molecule has 1 saturated carbocycles. The number of carbonyl (C=O) groups is 2. The molecule has 0 aliphatic heterocycles. The third-order valence-corrected chi connectivity index (χ3v) is 7.01. The molecule has 1 aliphatic carbocycles. The van der Waals surface area contributed by atoms with Crippen LogP contribution in [0.2, 0.25) is 0 Å². The molecule has 3 N–H and O–H groups in total. The van der Waals surface area contributed by atoms with Crippen LogP contribution in [-0.2, 0) is 4.79 Å². The predicted octanol–water partition coefficient (Wildman–Crippen LogP) is 4.74. The zero-order valence-corrected chi connectivity index (χ0v) is 21.3. The van der Waals surface area contributed by atoms with Crippen LogP contribution >= 0.6 is 0 Å². The quantitative estimate of drug-likeness (QED) is 0.375. The molecule has 0 bridgehead atoms. The van der Waals surface area contributed by atoms with Gasteiger partial charge in [0.25, 0.3) is 5.91 Å². The molecule has 3 aromatic rings. The van der Waals surface area contributed by atoms with E-state index in [4.69, 9.17) is 0 Å². The SMILES string of the molecule is C=CC(CC)n1nccc1C(=O)N[C@H](C(=O)Nc1ccc(-c2c(C)n[nH]c2C)nc1)C1CCCCC1. The summed E-state index contributed by atoms with van der Waals surface area (Å²) >= 11 is 0. The maximum atomic E-state index is 13.5. The Bertz CT molecular complexity index is 1190. The fourth-order valence-corrected chi connectivity index (χ4v) is 5.04. The molecule has 1 fully saturated rings. The van der Waals surface area contributed by atoms with Crippen LogP contribution in [0, 0.1) is 19.8 Å². The van der Waals surface area contributed by atoms with Gasteiger partial charge < -0.3 is 10.6 Å². The van der Waals surface area contributed by atoms with Crippen LogP contribution in [0.5, 0.6) is 0 Å². The molecule has 3 aromatic heterocycles. The van der Waals surface area contributed by atoms with Crippen molar-refractivity contribution in [1.29, 1.82) is 0 Å². The Morgan fingerprint density at radius 3 is 2.61 bits per heavy atom. The molecule has 9 nitrogen and oxygen atoms in total. The van der Waals surface area contributed by atoms with Gasteiger partial charge in [-0.3, -0.25) is 24.4 Å². The topological polar surface area (TPSA) is 118 Å². The molecular weight excluding hydrogens is 454 g/mol. The van der Waals surface area contributed by atoms with E-state index in [2.05, 4.69) is 37.5 Å². The van der Waals surface area contributed by atoms with Crippen molar-refractivity contribution in [1.82, 2.24) is 30.3 Å². The van der Waals surface area contributed by atoms with Gasteiger partial charge in [-0.2, -0.15) is 10.2 Å². The van der Waals surface area contributed by atoms with Gasteiger partial charge in [0.1, 0.15) is 11.7 Å². The first-order chi connectivity index (χ1) is 17.4. The summed E-state index contributed by atoms with van der Waals surface area (Å²) in [5.41, 5.74) is 4.57. The van der Waals surface area contributed by atoms with Gasteiger partial charge in [-0.1, -0.05) is 32.3 Å². The second-order valence-electron chi connectivity index (χ2n) is 9.45. The predicted molar refractivity (Wildman–Crippen MR) is 140 cm³/mol. The number of anilines is 1. The van der Waals surface area contributed by atoms with Gasteiger partial charge in [-0.05, 0) is 57.2 Å². The Kier molecular flexibility index (Phi) is 7.97. The van der Waals surface area contributed by atoms with Gasteiger partial charge in [-0.15, -0.1) is 6.58 Å². The number of aromatic nitrogens is 5. The highest BCUT2D eigenvalue weighted by molar-refractivity contribution is 6.00. The first kappa shape index (κ1) is 25.3. The Hall–Kier alpha value is -3.75. The summed E-state index contributed by atoms with van der Waals surface area (Å²) < 4.78 is 1.67. The van der Waals surface area contributed by atoms with Crippen molar-refractivity contribution >= 4 is 17.5 Å². The number of pyridine rings is 1. The van der Waals surface area contributed by atoms with Crippen molar-refractivity contribution in [3.8, 4) is 11.3 Å². The van der Waals surface area contributed by atoms with E-state index in [0.717, 1.165) is 61.2 Å². The van der Waals surface area contributed by atoms with Crippen LogP contribution in [-0.4, -0.2) is 42.8 Å². The van der Waals surface area contributed by atoms with Crippen molar-refractivity contribution in [2.24, 2.45) is 5.92 Å². The first-order valence-electron chi connectivity index (χ1n) is 12.7. The van der Waals surface area contributed by atoms with Gasteiger partial charge in [-0.25, -0.2) is 0 Å². The van der Waals surface area contributed by atoms with E-state index in [1.165, 1.54) is 0 Å². The number of carbonyl (C=O) groups excluding carboxylic acids is 2. The third-order valence-electron chi connectivity index (χ3n) is 7.01. The summed E-state index contributed by atoms with van der Waals surface area (Å²) in [4.78, 5) is 31.3. The standard InChI is InChI=1S/C27H35N7O2/c1-5-21(6-2)34-23(14-15-29-34)26(35)31-25(19-10-8-7-9-11-19)27(36)30-20-12-13-22(28-16-20)24-17(3)32-33-18(24)4/h5,12-16,19,21,25H,1,6-11H2,2-4H3,(H,30,36)(H,31,35)(H,32,33)/t21?,25-/m0/s1. The van der Waals surface area contributed by atoms with Gasteiger partial charge in [0.05, 0.1) is 29.3 Å². The van der Waals surface area contributed by atoms with Crippen molar-refractivity contribution < 1.29 is 9.59 Å². The second kappa shape index (κ2) is 11.3. The molecular formula is C27H35N7O2. The van der Waals surface area contributed by atoms with Crippen LogP contribution in [0.25, 0.3) is 11.3 Å². The molecule has 0 radical (unpaired) electrons. The molecule has 2 atom stereocenters. The second-order valence-corrected chi connectivity index (χ2v) is 9.45. The molecule has 0 spiro atoms. The zero-order chi connectivity index (χ0) is 25.7. The maximum Gasteiger partial charge on any atom is 0.270 e. The highest BCUT2D eigenvalue weighted by atomic mass is 16.2. The molecule has 1 aliphatic rings. The number of hydrogen-bond acceptors (Lipinski definition) is 5. The summed E-state index contributed by atoms with van der Waals surface area (Å²) in [5.74, 6) is -0.468. The lowest BCUT2D eigenvalue weighted by atomic mass is 9.83. The van der Waals surface area contributed by atoms with Crippen molar-refractivity contribution in [2.75, 3.05) is 5.32 Å². The zero-order valence-electron chi connectivity index (χ0n) is 21.3. The summed E-state index contributed by atoms with van der Waals surface area (Å²) in [6.07, 6.45) is 10.8. The Labute approximate surface area is 211 Å². The number of amides is 2. The maximum absolute atomic E-state index is 13.5.